The van der Waals surface area contributed by atoms with E-state index in [0.29, 0.717) is 17.1 Å². The van der Waals surface area contributed by atoms with Crippen LogP contribution >= 0.6 is 11.6 Å². The zero-order valence-electron chi connectivity index (χ0n) is 20.4. The highest BCUT2D eigenvalue weighted by atomic mass is 35.5. The topological polar surface area (TPSA) is 86.8 Å². The summed E-state index contributed by atoms with van der Waals surface area (Å²) in [5.74, 6) is -0.719. The van der Waals surface area contributed by atoms with E-state index in [1.807, 2.05) is 52.0 Å². The summed E-state index contributed by atoms with van der Waals surface area (Å²) in [6.45, 7) is 7.42. The lowest BCUT2D eigenvalue weighted by molar-refractivity contribution is -0.140. The summed E-state index contributed by atoms with van der Waals surface area (Å²) in [7, 11) is -3.77. The molecule has 0 saturated carbocycles. The number of sulfonamides is 1. The molecular weight excluding hydrogens is 474 g/mol. The molecule has 0 aromatic heterocycles. The quantitative estimate of drug-likeness (QED) is 0.495. The molecule has 0 fully saturated rings. The van der Waals surface area contributed by atoms with Crippen LogP contribution in [0.15, 0.2) is 48.5 Å². The van der Waals surface area contributed by atoms with E-state index in [9.17, 15) is 18.0 Å². The van der Waals surface area contributed by atoms with Crippen LogP contribution in [0.4, 0.5) is 5.69 Å². The summed E-state index contributed by atoms with van der Waals surface area (Å²) in [6, 6.07) is 13.1. The standard InChI is InChI=1S/C25H34ClN3O4S/c1-6-19(4)27-25(31)23(7-2)28(16-20-10-8-9-18(3)15-20)24(30)17-29(34(5,32)33)22-13-11-21(26)12-14-22/h8-15,19,23H,6-7,16-17H2,1-5H3,(H,27,31)/t19-,23-/m1/s1. The van der Waals surface area contributed by atoms with Crippen molar-refractivity contribution in [2.45, 2.75) is 59.2 Å². The maximum atomic E-state index is 13.6. The molecule has 2 amide bonds. The van der Waals surface area contributed by atoms with Gasteiger partial charge in [-0.1, -0.05) is 55.3 Å². The van der Waals surface area contributed by atoms with Crippen molar-refractivity contribution in [1.82, 2.24) is 10.2 Å². The lowest BCUT2D eigenvalue weighted by Gasteiger charge is -2.33. The minimum absolute atomic E-state index is 0.0425. The Morgan fingerprint density at radius 3 is 2.24 bits per heavy atom. The molecule has 2 atom stereocenters. The third kappa shape index (κ3) is 7.74. The molecule has 0 spiro atoms. The molecule has 9 heteroatoms. The average Bonchev–Trinajstić information content (AvgIpc) is 2.77. The second-order valence-electron chi connectivity index (χ2n) is 8.50. The first kappa shape index (κ1) is 27.7. The fourth-order valence-electron chi connectivity index (χ4n) is 3.59. The zero-order chi connectivity index (χ0) is 25.5. The molecule has 0 aliphatic carbocycles. The van der Waals surface area contributed by atoms with E-state index in [1.54, 1.807) is 24.3 Å². The molecule has 2 rings (SSSR count). The normalized spacial score (nSPS) is 13.1. The number of nitrogens with zero attached hydrogens (tertiary/aromatic N) is 2. The van der Waals surface area contributed by atoms with Crippen LogP contribution in [0, 0.1) is 6.92 Å². The molecule has 0 unspecified atom stereocenters. The number of carbonyl (C=O) groups is 2. The second-order valence-corrected chi connectivity index (χ2v) is 10.8. The van der Waals surface area contributed by atoms with Crippen LogP contribution in [-0.2, 0) is 26.2 Å². The van der Waals surface area contributed by atoms with Gasteiger partial charge in [0.2, 0.25) is 21.8 Å². The number of hydrogen-bond acceptors (Lipinski definition) is 4. The largest absolute Gasteiger partial charge is 0.352 e. The van der Waals surface area contributed by atoms with Crippen LogP contribution in [0.2, 0.25) is 5.02 Å². The summed E-state index contributed by atoms with van der Waals surface area (Å²) >= 11 is 5.95. The van der Waals surface area contributed by atoms with Gasteiger partial charge in [-0.3, -0.25) is 13.9 Å². The maximum Gasteiger partial charge on any atom is 0.244 e. The Balaban J connectivity index is 2.43. The number of halogens is 1. The van der Waals surface area contributed by atoms with Crippen molar-refractivity contribution in [2.24, 2.45) is 0 Å². The van der Waals surface area contributed by atoms with E-state index in [2.05, 4.69) is 5.32 Å². The molecule has 186 valence electrons. The Morgan fingerprint density at radius 2 is 1.71 bits per heavy atom. The number of anilines is 1. The molecule has 7 nitrogen and oxygen atoms in total. The van der Waals surface area contributed by atoms with Crippen molar-refractivity contribution in [2.75, 3.05) is 17.1 Å². The highest BCUT2D eigenvalue weighted by Crippen LogP contribution is 2.22. The van der Waals surface area contributed by atoms with Gasteiger partial charge in [0.05, 0.1) is 11.9 Å². The smallest absolute Gasteiger partial charge is 0.244 e. The number of benzene rings is 2. The Morgan fingerprint density at radius 1 is 1.06 bits per heavy atom. The molecule has 0 heterocycles. The molecule has 0 bridgehead atoms. The van der Waals surface area contributed by atoms with E-state index in [-0.39, 0.29) is 18.5 Å². The number of nitrogens with one attached hydrogen (secondary N) is 1. The summed E-state index contributed by atoms with van der Waals surface area (Å²) < 4.78 is 26.2. The SMILES string of the molecule is CC[C@@H](C)NC(=O)[C@@H](CC)N(Cc1cccc(C)c1)C(=O)CN(c1ccc(Cl)cc1)S(C)(=O)=O. The van der Waals surface area contributed by atoms with Gasteiger partial charge >= 0.3 is 0 Å². The molecule has 0 saturated heterocycles. The first-order valence-corrected chi connectivity index (χ1v) is 13.6. The van der Waals surface area contributed by atoms with Gasteiger partial charge in [0.25, 0.3) is 0 Å². The number of amides is 2. The highest BCUT2D eigenvalue weighted by Gasteiger charge is 2.32. The molecule has 0 aliphatic heterocycles. The molecule has 0 aliphatic rings. The van der Waals surface area contributed by atoms with E-state index >= 15 is 0 Å². The van der Waals surface area contributed by atoms with Gasteiger partial charge in [-0.05, 0) is 56.5 Å². The monoisotopic (exact) mass is 507 g/mol. The van der Waals surface area contributed by atoms with Gasteiger partial charge in [-0.2, -0.15) is 0 Å². The Bertz CT molecular complexity index is 1090. The number of carbonyl (C=O) groups excluding carboxylic acids is 2. The van der Waals surface area contributed by atoms with Gasteiger partial charge in [0.15, 0.2) is 0 Å². The van der Waals surface area contributed by atoms with Crippen molar-refractivity contribution < 1.29 is 18.0 Å². The molecule has 34 heavy (non-hydrogen) atoms. The first-order chi connectivity index (χ1) is 16.0. The van der Waals surface area contributed by atoms with Crippen molar-refractivity contribution >= 4 is 39.1 Å². The zero-order valence-corrected chi connectivity index (χ0v) is 22.0. The van der Waals surface area contributed by atoms with Crippen LogP contribution in [0.5, 0.6) is 0 Å². The second kappa shape index (κ2) is 12.2. The molecule has 2 aromatic rings. The summed E-state index contributed by atoms with van der Waals surface area (Å²) in [5, 5.41) is 3.41. The van der Waals surface area contributed by atoms with E-state index in [0.717, 1.165) is 28.1 Å². The van der Waals surface area contributed by atoms with Gasteiger partial charge in [0.1, 0.15) is 12.6 Å². The summed E-state index contributed by atoms with van der Waals surface area (Å²) in [4.78, 5) is 28.2. The lowest BCUT2D eigenvalue weighted by atomic mass is 10.1. The maximum absolute atomic E-state index is 13.6. The predicted octanol–water partition coefficient (Wildman–Crippen LogP) is 4.14. The van der Waals surface area contributed by atoms with E-state index in [4.69, 9.17) is 11.6 Å². The molecule has 1 N–H and O–H groups in total. The first-order valence-electron chi connectivity index (χ1n) is 11.3. The van der Waals surface area contributed by atoms with Crippen LogP contribution in [0.25, 0.3) is 0 Å². The molecule has 0 radical (unpaired) electrons. The lowest BCUT2D eigenvalue weighted by Crippen LogP contribution is -2.53. The van der Waals surface area contributed by atoms with Crippen LogP contribution in [-0.4, -0.2) is 50.0 Å². The van der Waals surface area contributed by atoms with Gasteiger partial charge < -0.3 is 10.2 Å². The van der Waals surface area contributed by atoms with Crippen LogP contribution < -0.4 is 9.62 Å². The fourth-order valence-corrected chi connectivity index (χ4v) is 4.56. The number of rotatable bonds is 11. The molecular formula is C25H34ClN3O4S. The minimum Gasteiger partial charge on any atom is -0.352 e. The van der Waals surface area contributed by atoms with Gasteiger partial charge in [-0.25, -0.2) is 8.42 Å². The third-order valence-electron chi connectivity index (χ3n) is 5.62. The third-order valence-corrected chi connectivity index (χ3v) is 7.01. The van der Waals surface area contributed by atoms with E-state index in [1.165, 1.54) is 4.90 Å². The summed E-state index contributed by atoms with van der Waals surface area (Å²) in [6.07, 6.45) is 2.19. The Kier molecular flexibility index (Phi) is 9.94. The predicted molar refractivity (Wildman–Crippen MR) is 137 cm³/mol. The van der Waals surface area contributed by atoms with Crippen molar-refractivity contribution in [3.8, 4) is 0 Å². The van der Waals surface area contributed by atoms with Gasteiger partial charge in [0, 0.05) is 17.6 Å². The van der Waals surface area contributed by atoms with Crippen LogP contribution in [0.1, 0.15) is 44.7 Å². The fraction of sp³-hybridized carbons (Fsp3) is 0.440. The minimum atomic E-state index is -3.77. The average molecular weight is 508 g/mol. The van der Waals surface area contributed by atoms with Crippen molar-refractivity contribution in [3.05, 3.63) is 64.7 Å². The summed E-state index contributed by atoms with van der Waals surface area (Å²) in [5.41, 5.74) is 2.22. The van der Waals surface area contributed by atoms with E-state index < -0.39 is 28.5 Å². The van der Waals surface area contributed by atoms with Crippen LogP contribution in [0.3, 0.4) is 0 Å². The number of aryl methyl sites for hydroxylation is 1. The van der Waals surface area contributed by atoms with Crippen molar-refractivity contribution in [3.63, 3.8) is 0 Å². The van der Waals surface area contributed by atoms with Crippen molar-refractivity contribution in [1.29, 1.82) is 0 Å². The Hall–Kier alpha value is -2.58. The highest BCUT2D eigenvalue weighted by molar-refractivity contribution is 7.92. The Labute approximate surface area is 208 Å². The number of hydrogen-bond donors (Lipinski definition) is 1. The molecule has 2 aromatic carbocycles. The van der Waals surface area contributed by atoms with Gasteiger partial charge in [-0.15, -0.1) is 0 Å².